The van der Waals surface area contributed by atoms with Crippen molar-refractivity contribution in [2.75, 3.05) is 0 Å². The van der Waals surface area contributed by atoms with Crippen molar-refractivity contribution in [1.29, 1.82) is 0 Å². The van der Waals surface area contributed by atoms with Crippen LogP contribution in [-0.4, -0.2) is 15.0 Å². The van der Waals surface area contributed by atoms with Crippen molar-refractivity contribution in [3.05, 3.63) is 72.4 Å². The fourth-order valence-electron chi connectivity index (χ4n) is 2.50. The molecule has 0 unspecified atom stereocenters. The summed E-state index contributed by atoms with van der Waals surface area (Å²) in [5.41, 5.74) is 2.89. The summed E-state index contributed by atoms with van der Waals surface area (Å²) in [6, 6.07) is 18.0. The Morgan fingerprint density at radius 1 is 0.958 bits per heavy atom. The topological polar surface area (TPSA) is 51.8 Å². The molecule has 0 amide bonds. The zero-order valence-corrected chi connectivity index (χ0v) is 14.0. The van der Waals surface area contributed by atoms with E-state index in [1.807, 2.05) is 61.5 Å². The molecule has 2 aromatic carbocycles. The summed E-state index contributed by atoms with van der Waals surface area (Å²) in [5.74, 6) is 2.22. The number of nitrogens with zero attached hydrogens (tertiary/aromatic N) is 3. The van der Waals surface area contributed by atoms with Crippen LogP contribution in [-0.2, 0) is 5.75 Å². The fourth-order valence-corrected chi connectivity index (χ4v) is 3.49. The van der Waals surface area contributed by atoms with Gasteiger partial charge >= 0.3 is 0 Å². The van der Waals surface area contributed by atoms with Gasteiger partial charge in [0.2, 0.25) is 5.89 Å². The van der Waals surface area contributed by atoms with Gasteiger partial charge in [-0.1, -0.05) is 48.2 Å². The first-order valence-electron chi connectivity index (χ1n) is 7.65. The zero-order chi connectivity index (χ0) is 16.4. The smallest absolute Gasteiger partial charge is 0.226 e. The van der Waals surface area contributed by atoms with Crippen LogP contribution in [0.25, 0.3) is 22.4 Å². The number of oxazole rings is 1. The second-order valence-electron chi connectivity index (χ2n) is 5.37. The molecule has 0 atom stereocenters. The highest BCUT2D eigenvalue weighted by Crippen LogP contribution is 2.29. The lowest BCUT2D eigenvalue weighted by atomic mass is 10.2. The molecule has 0 aliphatic rings. The molecule has 0 aliphatic carbocycles. The average molecular weight is 333 g/mol. The van der Waals surface area contributed by atoms with Gasteiger partial charge in [0.25, 0.3) is 0 Å². The lowest BCUT2D eigenvalue weighted by Gasteiger charge is -2.03. The standard InChI is InChI=1S/C19H15N3OS/c1-13-17(22-18(23-13)14-7-3-2-4-8-14)11-24-19-15-9-5-6-10-16(15)20-12-21-19/h2-10,12H,11H2,1H3. The Morgan fingerprint density at radius 2 is 1.75 bits per heavy atom. The summed E-state index contributed by atoms with van der Waals surface area (Å²) in [6.07, 6.45) is 1.61. The number of hydrogen-bond acceptors (Lipinski definition) is 5. The van der Waals surface area contributed by atoms with E-state index in [-0.39, 0.29) is 0 Å². The van der Waals surface area contributed by atoms with Gasteiger partial charge in [-0.15, -0.1) is 0 Å². The van der Waals surface area contributed by atoms with Gasteiger partial charge in [-0.3, -0.25) is 0 Å². The number of fused-ring (bicyclic) bond motifs is 1. The largest absolute Gasteiger partial charge is 0.441 e. The van der Waals surface area contributed by atoms with Gasteiger partial charge in [-0.05, 0) is 25.1 Å². The molecule has 4 nitrogen and oxygen atoms in total. The van der Waals surface area contributed by atoms with Gasteiger partial charge in [0.05, 0.1) is 11.2 Å². The van der Waals surface area contributed by atoms with Crippen molar-refractivity contribution in [2.24, 2.45) is 0 Å². The molecule has 0 radical (unpaired) electrons. The Balaban J connectivity index is 1.59. The first-order valence-corrected chi connectivity index (χ1v) is 8.64. The maximum atomic E-state index is 5.82. The van der Waals surface area contributed by atoms with E-state index < -0.39 is 0 Å². The van der Waals surface area contributed by atoms with Crippen LogP contribution < -0.4 is 0 Å². The predicted octanol–water partition coefficient (Wildman–Crippen LogP) is 4.89. The third kappa shape index (κ3) is 2.90. The molecule has 24 heavy (non-hydrogen) atoms. The molecule has 4 rings (SSSR count). The van der Waals surface area contributed by atoms with E-state index >= 15 is 0 Å². The highest BCUT2D eigenvalue weighted by atomic mass is 32.2. The summed E-state index contributed by atoms with van der Waals surface area (Å²) in [7, 11) is 0. The van der Waals surface area contributed by atoms with E-state index in [4.69, 9.17) is 4.42 Å². The van der Waals surface area contributed by atoms with E-state index in [1.165, 1.54) is 0 Å². The lowest BCUT2D eigenvalue weighted by Crippen LogP contribution is -1.89. The van der Waals surface area contributed by atoms with E-state index in [0.717, 1.165) is 32.9 Å². The van der Waals surface area contributed by atoms with Gasteiger partial charge in [-0.2, -0.15) is 0 Å². The highest BCUT2D eigenvalue weighted by Gasteiger charge is 2.12. The maximum absolute atomic E-state index is 5.82. The molecule has 0 N–H and O–H groups in total. The molecule has 0 aliphatic heterocycles. The van der Waals surface area contributed by atoms with E-state index in [1.54, 1.807) is 18.1 Å². The first kappa shape index (κ1) is 14.9. The Labute approximate surface area is 144 Å². The van der Waals surface area contributed by atoms with Gasteiger partial charge in [0, 0.05) is 16.7 Å². The number of aryl methyl sites for hydroxylation is 1. The van der Waals surface area contributed by atoms with E-state index in [9.17, 15) is 0 Å². The molecular weight excluding hydrogens is 318 g/mol. The van der Waals surface area contributed by atoms with Crippen molar-refractivity contribution in [1.82, 2.24) is 15.0 Å². The number of para-hydroxylation sites is 1. The number of benzene rings is 2. The lowest BCUT2D eigenvalue weighted by molar-refractivity contribution is 0.540. The molecule has 0 spiro atoms. The van der Waals surface area contributed by atoms with Crippen molar-refractivity contribution >= 4 is 22.7 Å². The Hall–Kier alpha value is -2.66. The summed E-state index contributed by atoms with van der Waals surface area (Å²) in [6.45, 7) is 1.95. The molecule has 0 fully saturated rings. The summed E-state index contributed by atoms with van der Waals surface area (Å²) in [5, 5.41) is 2.03. The Kier molecular flexibility index (Phi) is 4.01. The minimum Gasteiger partial charge on any atom is -0.441 e. The molecule has 2 heterocycles. The number of thioether (sulfide) groups is 1. The molecule has 2 aromatic heterocycles. The van der Waals surface area contributed by atoms with Gasteiger partial charge in [0.15, 0.2) is 0 Å². The quantitative estimate of drug-likeness (QED) is 0.393. The maximum Gasteiger partial charge on any atom is 0.226 e. The van der Waals surface area contributed by atoms with Crippen LogP contribution in [0.2, 0.25) is 0 Å². The molecule has 5 heteroatoms. The molecular formula is C19H15N3OS. The van der Waals surface area contributed by atoms with Crippen LogP contribution >= 0.6 is 11.8 Å². The second kappa shape index (κ2) is 6.45. The summed E-state index contributed by atoms with van der Waals surface area (Å²) >= 11 is 1.65. The van der Waals surface area contributed by atoms with E-state index in [0.29, 0.717) is 11.6 Å². The number of hydrogen-bond donors (Lipinski definition) is 0. The average Bonchev–Trinajstić information content (AvgIpc) is 3.01. The summed E-state index contributed by atoms with van der Waals surface area (Å²) in [4.78, 5) is 13.4. The molecule has 0 saturated heterocycles. The van der Waals surface area contributed by atoms with Crippen LogP contribution in [0.5, 0.6) is 0 Å². The number of rotatable bonds is 4. The van der Waals surface area contributed by atoms with Crippen LogP contribution in [0, 0.1) is 6.92 Å². The van der Waals surface area contributed by atoms with E-state index in [2.05, 4.69) is 15.0 Å². The van der Waals surface area contributed by atoms with Gasteiger partial charge in [-0.25, -0.2) is 15.0 Å². The van der Waals surface area contributed by atoms with Crippen molar-refractivity contribution < 1.29 is 4.42 Å². The molecule has 0 bridgehead atoms. The summed E-state index contributed by atoms with van der Waals surface area (Å²) < 4.78 is 5.82. The normalized spacial score (nSPS) is 11.0. The molecule has 4 aromatic rings. The van der Waals surface area contributed by atoms with Crippen molar-refractivity contribution in [2.45, 2.75) is 17.7 Å². The monoisotopic (exact) mass is 333 g/mol. The van der Waals surface area contributed by atoms with Crippen LogP contribution in [0.3, 0.4) is 0 Å². The number of aromatic nitrogens is 3. The molecule has 118 valence electrons. The third-order valence-electron chi connectivity index (χ3n) is 3.77. The van der Waals surface area contributed by atoms with Crippen molar-refractivity contribution in [3.63, 3.8) is 0 Å². The Morgan fingerprint density at radius 3 is 2.62 bits per heavy atom. The minimum absolute atomic E-state index is 0.663. The second-order valence-corrected chi connectivity index (χ2v) is 6.34. The van der Waals surface area contributed by atoms with Gasteiger partial charge in [0.1, 0.15) is 17.1 Å². The highest BCUT2D eigenvalue weighted by molar-refractivity contribution is 7.98. The minimum atomic E-state index is 0.663. The zero-order valence-electron chi connectivity index (χ0n) is 13.1. The predicted molar refractivity (Wildman–Crippen MR) is 95.8 cm³/mol. The van der Waals surface area contributed by atoms with Crippen LogP contribution in [0.15, 0.2) is 70.4 Å². The van der Waals surface area contributed by atoms with Crippen LogP contribution in [0.1, 0.15) is 11.5 Å². The molecule has 0 saturated carbocycles. The Bertz CT molecular complexity index is 977. The SMILES string of the molecule is Cc1oc(-c2ccccc2)nc1CSc1ncnc2ccccc12. The first-order chi connectivity index (χ1) is 11.8. The van der Waals surface area contributed by atoms with Crippen LogP contribution in [0.4, 0.5) is 0 Å². The fraction of sp³-hybridized carbons (Fsp3) is 0.105. The van der Waals surface area contributed by atoms with Gasteiger partial charge < -0.3 is 4.42 Å². The van der Waals surface area contributed by atoms with Crippen molar-refractivity contribution in [3.8, 4) is 11.5 Å². The third-order valence-corrected chi connectivity index (χ3v) is 4.78.